The van der Waals surface area contributed by atoms with Crippen LogP contribution in [-0.2, 0) is 4.79 Å². The van der Waals surface area contributed by atoms with Gasteiger partial charge in [-0.15, -0.1) is 0 Å². The summed E-state index contributed by atoms with van der Waals surface area (Å²) in [5, 5.41) is 13.7. The highest BCUT2D eigenvalue weighted by Gasteiger charge is 2.17. The van der Waals surface area contributed by atoms with Crippen LogP contribution in [0.3, 0.4) is 0 Å². The van der Waals surface area contributed by atoms with Gasteiger partial charge in [-0.05, 0) is 25.5 Å². The van der Waals surface area contributed by atoms with Gasteiger partial charge in [0.25, 0.3) is 0 Å². The molecule has 0 aliphatic heterocycles. The van der Waals surface area contributed by atoms with E-state index in [4.69, 9.17) is 0 Å². The molecule has 0 bridgehead atoms. The Morgan fingerprint density at radius 1 is 1.07 bits per heavy atom. The zero-order chi connectivity index (χ0) is 19.4. The first-order chi connectivity index (χ1) is 13.0. The molecule has 0 saturated carbocycles. The Morgan fingerprint density at radius 3 is 2.22 bits per heavy atom. The van der Waals surface area contributed by atoms with Crippen molar-refractivity contribution in [3.05, 3.63) is 70.2 Å². The van der Waals surface area contributed by atoms with E-state index in [0.717, 1.165) is 22.3 Å². The first-order valence-electron chi connectivity index (χ1n) is 8.50. The van der Waals surface area contributed by atoms with Crippen molar-refractivity contribution in [1.29, 1.82) is 5.26 Å². The van der Waals surface area contributed by atoms with Gasteiger partial charge in [0.1, 0.15) is 21.8 Å². The SMILES string of the molecule is CC(=O)Nc1sc(C(C#N)=Cc2ccc(C)cc2)nc1-c1ccc(C)cc1. The Kier molecular flexibility index (Phi) is 5.49. The Labute approximate surface area is 162 Å². The molecular weight excluding hydrogens is 354 g/mol. The number of carbonyl (C=O) groups excluding carboxylic acids is 1. The number of amides is 1. The maximum Gasteiger partial charge on any atom is 0.221 e. The van der Waals surface area contributed by atoms with Crippen molar-refractivity contribution in [1.82, 2.24) is 4.98 Å². The molecule has 0 aliphatic rings. The molecule has 4 nitrogen and oxygen atoms in total. The van der Waals surface area contributed by atoms with Crippen molar-refractivity contribution >= 4 is 33.9 Å². The molecule has 3 aromatic rings. The lowest BCUT2D eigenvalue weighted by molar-refractivity contribution is -0.114. The van der Waals surface area contributed by atoms with E-state index in [2.05, 4.69) is 16.4 Å². The van der Waals surface area contributed by atoms with Crippen molar-refractivity contribution in [2.24, 2.45) is 0 Å². The predicted molar refractivity (Wildman–Crippen MR) is 111 cm³/mol. The van der Waals surface area contributed by atoms with Crippen LogP contribution in [-0.4, -0.2) is 10.9 Å². The molecule has 134 valence electrons. The number of hydrogen-bond donors (Lipinski definition) is 1. The number of allylic oxidation sites excluding steroid dienone is 1. The smallest absolute Gasteiger partial charge is 0.221 e. The van der Waals surface area contributed by atoms with Crippen LogP contribution in [0.15, 0.2) is 48.5 Å². The third-order valence-electron chi connectivity index (χ3n) is 3.98. The molecular formula is C22H19N3OS. The summed E-state index contributed by atoms with van der Waals surface area (Å²) in [4.78, 5) is 16.3. The van der Waals surface area contributed by atoms with E-state index in [1.807, 2.05) is 68.5 Å². The fraction of sp³-hybridized carbons (Fsp3) is 0.136. The lowest BCUT2D eigenvalue weighted by Crippen LogP contribution is -2.05. The van der Waals surface area contributed by atoms with Crippen LogP contribution < -0.4 is 5.32 Å². The van der Waals surface area contributed by atoms with E-state index in [-0.39, 0.29) is 5.91 Å². The van der Waals surface area contributed by atoms with Gasteiger partial charge in [0.05, 0.1) is 5.57 Å². The van der Waals surface area contributed by atoms with Gasteiger partial charge in [-0.2, -0.15) is 5.26 Å². The second-order valence-electron chi connectivity index (χ2n) is 6.32. The number of nitrogens with zero attached hydrogens (tertiary/aromatic N) is 2. The molecule has 0 unspecified atom stereocenters. The van der Waals surface area contributed by atoms with Crippen LogP contribution in [0, 0.1) is 25.2 Å². The number of rotatable bonds is 4. The number of benzene rings is 2. The fourth-order valence-corrected chi connectivity index (χ4v) is 3.56. The highest BCUT2D eigenvalue weighted by Crippen LogP contribution is 2.36. The van der Waals surface area contributed by atoms with Gasteiger partial charge in [0.2, 0.25) is 5.91 Å². The number of carbonyl (C=O) groups is 1. The zero-order valence-corrected chi connectivity index (χ0v) is 16.2. The molecule has 1 aromatic heterocycles. The summed E-state index contributed by atoms with van der Waals surface area (Å²) in [6.45, 7) is 5.50. The largest absolute Gasteiger partial charge is 0.316 e. The van der Waals surface area contributed by atoms with Crippen molar-refractivity contribution in [3.8, 4) is 17.3 Å². The normalized spacial score (nSPS) is 11.1. The van der Waals surface area contributed by atoms with E-state index >= 15 is 0 Å². The van der Waals surface area contributed by atoms with E-state index < -0.39 is 0 Å². The summed E-state index contributed by atoms with van der Waals surface area (Å²) in [6, 6.07) is 18.1. The van der Waals surface area contributed by atoms with Crippen molar-refractivity contribution in [2.75, 3.05) is 5.32 Å². The van der Waals surface area contributed by atoms with Crippen LogP contribution >= 0.6 is 11.3 Å². The first kappa shape index (κ1) is 18.6. The molecule has 0 radical (unpaired) electrons. The second-order valence-corrected chi connectivity index (χ2v) is 7.32. The standard InChI is InChI=1S/C22H19N3OS/c1-14-4-8-17(9-5-14)12-19(13-23)21-25-20(22(27-21)24-16(3)26)18-10-6-15(2)7-11-18/h4-12H,1-3H3,(H,24,26). The lowest BCUT2D eigenvalue weighted by atomic mass is 10.1. The molecule has 0 fully saturated rings. The Bertz CT molecular complexity index is 1040. The number of anilines is 1. The van der Waals surface area contributed by atoms with Gasteiger partial charge in [0.15, 0.2) is 0 Å². The summed E-state index contributed by atoms with van der Waals surface area (Å²) in [7, 11) is 0. The Balaban J connectivity index is 2.06. The third kappa shape index (κ3) is 4.49. The number of aryl methyl sites for hydroxylation is 2. The summed E-state index contributed by atoms with van der Waals surface area (Å²) in [5.41, 5.74) is 5.29. The van der Waals surface area contributed by atoms with Gasteiger partial charge in [-0.25, -0.2) is 4.98 Å². The number of nitrogens with one attached hydrogen (secondary N) is 1. The molecule has 5 heteroatoms. The highest BCUT2D eigenvalue weighted by molar-refractivity contribution is 7.17. The molecule has 1 amide bonds. The summed E-state index contributed by atoms with van der Waals surface area (Å²) in [6.07, 6.45) is 1.81. The molecule has 0 spiro atoms. The van der Waals surface area contributed by atoms with E-state index in [1.54, 1.807) is 0 Å². The molecule has 0 aliphatic carbocycles. The van der Waals surface area contributed by atoms with E-state index in [0.29, 0.717) is 21.3 Å². The fourth-order valence-electron chi connectivity index (χ4n) is 2.56. The number of nitriles is 1. The van der Waals surface area contributed by atoms with Gasteiger partial charge in [-0.1, -0.05) is 71.0 Å². The van der Waals surface area contributed by atoms with E-state index in [1.165, 1.54) is 18.3 Å². The van der Waals surface area contributed by atoms with Crippen molar-refractivity contribution < 1.29 is 4.79 Å². The average Bonchev–Trinajstić information content (AvgIpc) is 3.04. The van der Waals surface area contributed by atoms with Gasteiger partial charge in [-0.3, -0.25) is 4.79 Å². The van der Waals surface area contributed by atoms with Gasteiger partial charge >= 0.3 is 0 Å². The zero-order valence-electron chi connectivity index (χ0n) is 15.4. The van der Waals surface area contributed by atoms with Crippen LogP contribution in [0.1, 0.15) is 28.6 Å². The minimum Gasteiger partial charge on any atom is -0.316 e. The van der Waals surface area contributed by atoms with Gasteiger partial charge < -0.3 is 5.32 Å². The number of aromatic nitrogens is 1. The van der Waals surface area contributed by atoms with Crippen LogP contribution in [0.4, 0.5) is 5.00 Å². The lowest BCUT2D eigenvalue weighted by Gasteiger charge is -2.03. The molecule has 0 saturated heterocycles. The maximum atomic E-state index is 11.6. The maximum absolute atomic E-state index is 11.6. The predicted octanol–water partition coefficient (Wildman–Crippen LogP) is 5.45. The highest BCUT2D eigenvalue weighted by atomic mass is 32.1. The molecule has 2 aromatic carbocycles. The number of hydrogen-bond acceptors (Lipinski definition) is 4. The quantitative estimate of drug-likeness (QED) is 0.618. The molecule has 27 heavy (non-hydrogen) atoms. The minimum atomic E-state index is -0.167. The third-order valence-corrected chi connectivity index (χ3v) is 4.99. The monoisotopic (exact) mass is 373 g/mol. The topological polar surface area (TPSA) is 65.8 Å². The summed E-state index contributed by atoms with van der Waals surface area (Å²) < 4.78 is 0. The molecule has 1 heterocycles. The van der Waals surface area contributed by atoms with Crippen LogP contribution in [0.2, 0.25) is 0 Å². The molecule has 1 N–H and O–H groups in total. The first-order valence-corrected chi connectivity index (χ1v) is 9.32. The Hall–Kier alpha value is -3.23. The minimum absolute atomic E-state index is 0.167. The average molecular weight is 373 g/mol. The van der Waals surface area contributed by atoms with E-state index in [9.17, 15) is 10.1 Å². The summed E-state index contributed by atoms with van der Waals surface area (Å²) >= 11 is 1.31. The van der Waals surface area contributed by atoms with Crippen molar-refractivity contribution in [2.45, 2.75) is 20.8 Å². The van der Waals surface area contributed by atoms with Gasteiger partial charge in [0, 0.05) is 12.5 Å². The second kappa shape index (κ2) is 7.98. The van der Waals surface area contributed by atoms with Crippen LogP contribution in [0.25, 0.3) is 22.9 Å². The molecule has 3 rings (SSSR count). The Morgan fingerprint density at radius 2 is 1.67 bits per heavy atom. The summed E-state index contributed by atoms with van der Waals surface area (Å²) in [5.74, 6) is -0.167. The van der Waals surface area contributed by atoms with Crippen molar-refractivity contribution in [3.63, 3.8) is 0 Å². The molecule has 0 atom stereocenters. The van der Waals surface area contributed by atoms with Crippen LogP contribution in [0.5, 0.6) is 0 Å². The number of thiazole rings is 1.